The van der Waals surface area contributed by atoms with E-state index in [9.17, 15) is 14.7 Å². The average Bonchev–Trinajstić information content (AvgIpc) is 2.87. The monoisotopic (exact) mass is 278 g/mol. The van der Waals surface area contributed by atoms with E-state index in [4.69, 9.17) is 4.74 Å². The van der Waals surface area contributed by atoms with Crippen LogP contribution in [0.5, 0.6) is 0 Å². The number of carbonyl (C=O) groups is 2. The number of rotatable bonds is 4. The fourth-order valence-corrected chi connectivity index (χ4v) is 2.52. The van der Waals surface area contributed by atoms with Gasteiger partial charge in [-0.15, -0.1) is 0 Å². The highest BCUT2D eigenvalue weighted by Gasteiger charge is 2.43. The first-order valence-corrected chi connectivity index (χ1v) is 6.58. The molecule has 5 nitrogen and oxygen atoms in total. The zero-order valence-corrected chi connectivity index (χ0v) is 11.3. The Morgan fingerprint density at radius 1 is 1.15 bits per heavy atom. The Morgan fingerprint density at radius 3 is 2.35 bits per heavy atom. The van der Waals surface area contributed by atoms with Crippen LogP contribution in [0.3, 0.4) is 0 Å². The molecule has 1 fully saturated rings. The van der Waals surface area contributed by atoms with Crippen molar-refractivity contribution in [1.29, 1.82) is 0 Å². The van der Waals surface area contributed by atoms with Gasteiger partial charge >= 0.3 is 11.9 Å². The van der Waals surface area contributed by atoms with Gasteiger partial charge in [0.15, 0.2) is 0 Å². The van der Waals surface area contributed by atoms with E-state index < -0.39 is 29.9 Å². The van der Waals surface area contributed by atoms with Gasteiger partial charge < -0.3 is 14.6 Å². The van der Waals surface area contributed by atoms with Crippen LogP contribution >= 0.6 is 0 Å². The number of esters is 2. The highest BCUT2D eigenvalue weighted by atomic mass is 16.5. The van der Waals surface area contributed by atoms with Gasteiger partial charge in [-0.05, 0) is 18.4 Å². The minimum Gasteiger partial charge on any atom is -0.469 e. The van der Waals surface area contributed by atoms with Crippen LogP contribution in [0.4, 0.5) is 0 Å². The number of aliphatic hydroxyl groups excluding tert-OH is 1. The molecule has 0 bridgehead atoms. The molecule has 20 heavy (non-hydrogen) atoms. The van der Waals surface area contributed by atoms with Crippen molar-refractivity contribution in [2.45, 2.75) is 25.6 Å². The number of ether oxygens (including phenoxy) is 2. The van der Waals surface area contributed by atoms with E-state index in [1.807, 2.05) is 30.3 Å². The summed E-state index contributed by atoms with van der Waals surface area (Å²) in [5.41, 5.74) is 0.883. The second-order valence-electron chi connectivity index (χ2n) is 4.95. The summed E-state index contributed by atoms with van der Waals surface area (Å²) in [6.45, 7) is 0.167. The molecule has 0 saturated heterocycles. The molecular formula is C15H18O5. The largest absolute Gasteiger partial charge is 0.469 e. The van der Waals surface area contributed by atoms with Crippen LogP contribution in [0.15, 0.2) is 30.3 Å². The van der Waals surface area contributed by atoms with Crippen LogP contribution in [-0.2, 0) is 25.7 Å². The second-order valence-corrected chi connectivity index (χ2v) is 4.95. The summed E-state index contributed by atoms with van der Waals surface area (Å²) in [6.07, 6.45) is -0.168. The van der Waals surface area contributed by atoms with E-state index in [0.29, 0.717) is 0 Å². The molecular weight excluding hydrogens is 260 g/mol. The molecule has 108 valence electrons. The number of hydrogen-bond acceptors (Lipinski definition) is 5. The maximum Gasteiger partial charge on any atom is 0.310 e. The lowest BCUT2D eigenvalue weighted by molar-refractivity contribution is -0.158. The number of aliphatic hydroxyl groups is 1. The third kappa shape index (κ3) is 3.36. The molecule has 1 aromatic rings. The molecule has 0 aromatic heterocycles. The molecule has 1 N–H and O–H groups in total. The number of benzene rings is 1. The molecule has 1 aliphatic rings. The lowest BCUT2D eigenvalue weighted by atomic mass is 9.96. The van der Waals surface area contributed by atoms with Crippen molar-refractivity contribution in [3.8, 4) is 0 Å². The highest BCUT2D eigenvalue weighted by molar-refractivity contribution is 5.82. The molecule has 5 heteroatoms. The van der Waals surface area contributed by atoms with E-state index in [2.05, 4.69) is 4.74 Å². The van der Waals surface area contributed by atoms with Crippen molar-refractivity contribution in [2.75, 3.05) is 7.11 Å². The van der Waals surface area contributed by atoms with E-state index in [1.54, 1.807) is 0 Å². The summed E-state index contributed by atoms with van der Waals surface area (Å²) >= 11 is 0. The second kappa shape index (κ2) is 6.52. The SMILES string of the molecule is COC(=O)[C@@H]1C[C@H](O)C[C@H]1C(=O)OCc1ccccc1. The van der Waals surface area contributed by atoms with Gasteiger partial charge in [0, 0.05) is 0 Å². The van der Waals surface area contributed by atoms with Gasteiger partial charge in [0.2, 0.25) is 0 Å². The average molecular weight is 278 g/mol. The molecule has 0 heterocycles. The van der Waals surface area contributed by atoms with Crippen molar-refractivity contribution < 1.29 is 24.2 Å². The standard InChI is InChI=1S/C15H18O5/c1-19-14(17)12-7-11(16)8-13(12)15(18)20-9-10-5-3-2-4-6-10/h2-6,11-13,16H,7-9H2,1H3/t11-,12+,13+/m0/s1. The van der Waals surface area contributed by atoms with Crippen LogP contribution in [0.1, 0.15) is 18.4 Å². The van der Waals surface area contributed by atoms with Crippen LogP contribution in [-0.4, -0.2) is 30.3 Å². The predicted octanol–water partition coefficient (Wildman–Crippen LogP) is 1.29. The first kappa shape index (κ1) is 14.5. The molecule has 3 atom stereocenters. The first-order chi connectivity index (χ1) is 9.61. The van der Waals surface area contributed by atoms with Crippen LogP contribution < -0.4 is 0 Å². The van der Waals surface area contributed by atoms with Gasteiger partial charge in [0.25, 0.3) is 0 Å². The van der Waals surface area contributed by atoms with Gasteiger partial charge in [0.05, 0.1) is 25.0 Å². The van der Waals surface area contributed by atoms with Crippen molar-refractivity contribution >= 4 is 11.9 Å². The Labute approximate surface area is 117 Å². The lowest BCUT2D eigenvalue weighted by Crippen LogP contribution is -2.27. The molecule has 0 spiro atoms. The summed E-state index contributed by atoms with van der Waals surface area (Å²) in [5, 5.41) is 9.63. The van der Waals surface area contributed by atoms with Crippen LogP contribution in [0.25, 0.3) is 0 Å². The Hall–Kier alpha value is -1.88. The zero-order valence-electron chi connectivity index (χ0n) is 11.3. The lowest BCUT2D eigenvalue weighted by Gasteiger charge is -2.15. The molecule has 0 unspecified atom stereocenters. The molecule has 0 aliphatic heterocycles. The molecule has 0 amide bonds. The minimum atomic E-state index is -0.659. The summed E-state index contributed by atoms with van der Waals surface area (Å²) in [4.78, 5) is 23.7. The van der Waals surface area contributed by atoms with Gasteiger partial charge in [-0.2, -0.15) is 0 Å². The van der Waals surface area contributed by atoms with E-state index in [0.717, 1.165) is 5.56 Å². The summed E-state index contributed by atoms with van der Waals surface area (Å²) in [5.74, 6) is -2.16. The summed E-state index contributed by atoms with van der Waals surface area (Å²) in [6, 6.07) is 9.31. The Kier molecular flexibility index (Phi) is 4.74. The maximum atomic E-state index is 12.1. The van der Waals surface area contributed by atoms with Crippen molar-refractivity contribution in [3.05, 3.63) is 35.9 Å². The Morgan fingerprint density at radius 2 is 1.75 bits per heavy atom. The van der Waals surface area contributed by atoms with E-state index in [1.165, 1.54) is 7.11 Å². The Bertz CT molecular complexity index is 470. The maximum absolute atomic E-state index is 12.1. The molecule has 2 rings (SSSR count). The van der Waals surface area contributed by atoms with Crippen LogP contribution in [0.2, 0.25) is 0 Å². The fourth-order valence-electron chi connectivity index (χ4n) is 2.52. The van der Waals surface area contributed by atoms with Crippen molar-refractivity contribution in [2.24, 2.45) is 11.8 Å². The van der Waals surface area contributed by atoms with E-state index in [-0.39, 0.29) is 19.4 Å². The van der Waals surface area contributed by atoms with Gasteiger partial charge in [-0.1, -0.05) is 30.3 Å². The highest BCUT2D eigenvalue weighted by Crippen LogP contribution is 2.34. The molecule has 1 aromatic carbocycles. The minimum absolute atomic E-state index is 0.167. The third-order valence-corrected chi connectivity index (χ3v) is 3.57. The fraction of sp³-hybridized carbons (Fsp3) is 0.467. The van der Waals surface area contributed by atoms with Crippen LogP contribution in [0, 0.1) is 11.8 Å². The number of hydrogen-bond donors (Lipinski definition) is 1. The van der Waals surface area contributed by atoms with Crippen molar-refractivity contribution in [1.82, 2.24) is 0 Å². The predicted molar refractivity (Wildman–Crippen MR) is 70.5 cm³/mol. The smallest absolute Gasteiger partial charge is 0.310 e. The normalized spacial score (nSPS) is 25.2. The summed E-state index contributed by atoms with van der Waals surface area (Å²) < 4.78 is 9.90. The van der Waals surface area contributed by atoms with E-state index >= 15 is 0 Å². The summed E-state index contributed by atoms with van der Waals surface area (Å²) in [7, 11) is 1.28. The molecule has 1 aliphatic carbocycles. The number of carbonyl (C=O) groups excluding carboxylic acids is 2. The zero-order chi connectivity index (χ0) is 14.5. The van der Waals surface area contributed by atoms with Gasteiger partial charge in [-0.3, -0.25) is 9.59 Å². The Balaban J connectivity index is 1.95. The molecule has 1 saturated carbocycles. The molecule has 0 radical (unpaired) electrons. The third-order valence-electron chi connectivity index (χ3n) is 3.57. The topological polar surface area (TPSA) is 72.8 Å². The van der Waals surface area contributed by atoms with Crippen molar-refractivity contribution in [3.63, 3.8) is 0 Å². The quantitative estimate of drug-likeness (QED) is 0.840. The van der Waals surface area contributed by atoms with Gasteiger partial charge in [0.1, 0.15) is 6.61 Å². The first-order valence-electron chi connectivity index (χ1n) is 6.58. The van der Waals surface area contributed by atoms with Gasteiger partial charge in [-0.25, -0.2) is 0 Å². The number of methoxy groups -OCH3 is 1.